The van der Waals surface area contributed by atoms with Crippen LogP contribution < -0.4 is 26.5 Å². The highest BCUT2D eigenvalue weighted by Crippen LogP contribution is 2.22. The van der Waals surface area contributed by atoms with Gasteiger partial charge in [0.1, 0.15) is 11.5 Å². The summed E-state index contributed by atoms with van der Waals surface area (Å²) >= 11 is 0. The van der Waals surface area contributed by atoms with E-state index in [0.29, 0.717) is 0 Å². The highest BCUT2D eigenvalue weighted by molar-refractivity contribution is 7.86. The molecule has 32 heavy (non-hydrogen) atoms. The van der Waals surface area contributed by atoms with Crippen LogP contribution in [0.2, 0.25) is 0 Å². The van der Waals surface area contributed by atoms with Crippen molar-refractivity contribution in [2.24, 2.45) is 10.3 Å². The van der Waals surface area contributed by atoms with Crippen LogP contribution in [0.4, 0.5) is 11.4 Å². The van der Waals surface area contributed by atoms with E-state index in [9.17, 15) is 8.42 Å². The van der Waals surface area contributed by atoms with Gasteiger partial charge in [-0.15, -0.1) is 0 Å². The summed E-state index contributed by atoms with van der Waals surface area (Å²) in [6.07, 6.45) is 0. The molecule has 0 spiro atoms. The summed E-state index contributed by atoms with van der Waals surface area (Å²) in [5, 5.41) is 8.21. The molecule has 0 fully saturated rings. The molecule has 0 unspecified atom stereocenters. The zero-order chi connectivity index (χ0) is 23.4. The number of nitrogen functional groups attached to an aromatic ring is 2. The van der Waals surface area contributed by atoms with Crippen LogP contribution in [0.5, 0.6) is 11.5 Å². The zero-order valence-electron chi connectivity index (χ0n) is 17.3. The number of hydrogen-bond donors (Lipinski definition) is 4. The fraction of sp³-hybridized carbons (Fsp3) is 0. The van der Waals surface area contributed by atoms with E-state index in [1.807, 2.05) is 36.4 Å². The van der Waals surface area contributed by atoms with E-state index in [-0.39, 0.29) is 0 Å². The third-order valence-electron chi connectivity index (χ3n) is 3.88. The van der Waals surface area contributed by atoms with Crippen LogP contribution in [0.15, 0.2) is 109 Å². The third-order valence-corrected chi connectivity index (χ3v) is 3.88. The fourth-order valence-corrected chi connectivity index (χ4v) is 2.47. The standard InChI is InChI=1S/C12H12N2O.C12H10.H4N2O2S/c13-9-1-5-11(6-2-9)15-12-7-3-10(14)4-8-12;1-3-7-11(8-4-1)12-9-5-2-6-10-12;1-5(2,3)4/h1-8H,13-14H2;1-10H;(H4,1,2,3,4). The van der Waals surface area contributed by atoms with E-state index in [4.69, 9.17) is 16.2 Å². The number of benzene rings is 4. The maximum atomic E-state index is 9.19. The minimum absolute atomic E-state index is 0.722. The van der Waals surface area contributed by atoms with Gasteiger partial charge in [0.05, 0.1) is 0 Å². The van der Waals surface area contributed by atoms with Gasteiger partial charge >= 0.3 is 0 Å². The summed E-state index contributed by atoms with van der Waals surface area (Å²) in [5.41, 5.74) is 15.1. The molecule has 0 aliphatic carbocycles. The predicted molar refractivity (Wildman–Crippen MR) is 131 cm³/mol. The lowest BCUT2D eigenvalue weighted by Gasteiger charge is -2.05. The van der Waals surface area contributed by atoms with Gasteiger partial charge in [-0.3, -0.25) is 0 Å². The molecular formula is C24H26N4O3S. The van der Waals surface area contributed by atoms with E-state index in [1.165, 1.54) is 11.1 Å². The quantitative estimate of drug-likeness (QED) is 0.346. The minimum Gasteiger partial charge on any atom is -0.457 e. The first kappa shape index (κ1) is 24.4. The molecule has 0 aliphatic rings. The smallest absolute Gasteiger partial charge is 0.271 e. The van der Waals surface area contributed by atoms with E-state index in [2.05, 4.69) is 58.8 Å². The van der Waals surface area contributed by atoms with Crippen LogP contribution in [0.3, 0.4) is 0 Å². The van der Waals surface area contributed by atoms with E-state index in [0.717, 1.165) is 22.9 Å². The summed E-state index contributed by atoms with van der Waals surface area (Å²) in [6, 6.07) is 35.3. The van der Waals surface area contributed by atoms with Gasteiger partial charge in [0.25, 0.3) is 10.2 Å². The maximum absolute atomic E-state index is 9.19. The summed E-state index contributed by atoms with van der Waals surface area (Å²) in [4.78, 5) is 0. The van der Waals surface area contributed by atoms with Crippen LogP contribution in [-0.2, 0) is 10.2 Å². The second-order valence-corrected chi connectivity index (χ2v) is 7.74. The van der Waals surface area contributed by atoms with Crippen molar-refractivity contribution in [1.29, 1.82) is 0 Å². The number of hydrogen-bond acceptors (Lipinski definition) is 5. The van der Waals surface area contributed by atoms with Gasteiger partial charge in [-0.1, -0.05) is 60.7 Å². The molecule has 8 heteroatoms. The lowest BCUT2D eigenvalue weighted by atomic mass is 10.1. The number of rotatable bonds is 3. The van der Waals surface area contributed by atoms with Crippen molar-refractivity contribution in [3.05, 3.63) is 109 Å². The Morgan fingerprint density at radius 2 is 0.781 bits per heavy atom. The van der Waals surface area contributed by atoms with Gasteiger partial charge in [0.2, 0.25) is 0 Å². The highest BCUT2D eigenvalue weighted by atomic mass is 32.2. The van der Waals surface area contributed by atoms with Gasteiger partial charge < -0.3 is 16.2 Å². The Labute approximate surface area is 188 Å². The van der Waals surface area contributed by atoms with Crippen LogP contribution in [0, 0.1) is 0 Å². The van der Waals surface area contributed by atoms with Gasteiger partial charge in [0.15, 0.2) is 0 Å². The monoisotopic (exact) mass is 450 g/mol. The second kappa shape index (κ2) is 12.1. The van der Waals surface area contributed by atoms with Crippen LogP contribution in [0.1, 0.15) is 0 Å². The van der Waals surface area contributed by atoms with Gasteiger partial charge in [-0.2, -0.15) is 8.42 Å². The molecule has 0 amide bonds. The molecule has 0 aromatic heterocycles. The molecule has 0 radical (unpaired) electrons. The molecule has 0 saturated heterocycles. The summed E-state index contributed by atoms with van der Waals surface area (Å²) in [5.74, 6) is 1.52. The topological polar surface area (TPSA) is 147 Å². The lowest BCUT2D eigenvalue weighted by Crippen LogP contribution is -2.21. The lowest BCUT2D eigenvalue weighted by molar-refractivity contribution is 0.483. The van der Waals surface area contributed by atoms with Gasteiger partial charge in [-0.25, -0.2) is 10.3 Å². The predicted octanol–water partition coefficient (Wildman–Crippen LogP) is 4.15. The van der Waals surface area contributed by atoms with Crippen LogP contribution >= 0.6 is 0 Å². The van der Waals surface area contributed by atoms with Crippen molar-refractivity contribution in [1.82, 2.24) is 0 Å². The number of nitrogens with two attached hydrogens (primary N) is 4. The molecule has 0 aliphatic heterocycles. The molecule has 0 bridgehead atoms. The Kier molecular flexibility index (Phi) is 9.24. The molecule has 0 heterocycles. The Bertz CT molecular complexity index is 1080. The van der Waals surface area contributed by atoms with Crippen molar-refractivity contribution in [2.75, 3.05) is 11.5 Å². The second-order valence-electron chi connectivity index (χ2n) is 6.56. The Balaban J connectivity index is 0.000000191. The molecule has 7 nitrogen and oxygen atoms in total. The fourth-order valence-electron chi connectivity index (χ4n) is 2.47. The van der Waals surface area contributed by atoms with E-state index < -0.39 is 10.2 Å². The number of anilines is 2. The zero-order valence-corrected chi connectivity index (χ0v) is 18.2. The molecule has 0 atom stereocenters. The first-order chi connectivity index (χ1) is 15.2. The molecule has 8 N–H and O–H groups in total. The van der Waals surface area contributed by atoms with Gasteiger partial charge in [0, 0.05) is 11.4 Å². The number of ether oxygens (including phenoxy) is 1. The molecule has 4 rings (SSSR count). The molecule has 4 aromatic rings. The van der Waals surface area contributed by atoms with Crippen molar-refractivity contribution >= 4 is 21.6 Å². The average Bonchev–Trinajstić information content (AvgIpc) is 2.77. The normalized spacial score (nSPS) is 10.1. The van der Waals surface area contributed by atoms with Gasteiger partial charge in [-0.05, 0) is 59.7 Å². The van der Waals surface area contributed by atoms with Crippen molar-refractivity contribution in [3.63, 3.8) is 0 Å². The largest absolute Gasteiger partial charge is 0.457 e. The summed E-state index contributed by atoms with van der Waals surface area (Å²) in [6.45, 7) is 0. The average molecular weight is 451 g/mol. The summed E-state index contributed by atoms with van der Waals surface area (Å²) in [7, 11) is -3.67. The first-order valence-electron chi connectivity index (χ1n) is 9.50. The summed E-state index contributed by atoms with van der Waals surface area (Å²) < 4.78 is 24.0. The van der Waals surface area contributed by atoms with E-state index >= 15 is 0 Å². The molecule has 166 valence electrons. The highest BCUT2D eigenvalue weighted by Gasteiger charge is 1.96. The van der Waals surface area contributed by atoms with E-state index in [1.54, 1.807) is 24.3 Å². The molecule has 4 aromatic carbocycles. The van der Waals surface area contributed by atoms with Crippen LogP contribution in [0.25, 0.3) is 11.1 Å². The Hall–Kier alpha value is -3.85. The molecular weight excluding hydrogens is 424 g/mol. The first-order valence-corrected chi connectivity index (χ1v) is 11.1. The third kappa shape index (κ3) is 10.3. The molecule has 0 saturated carbocycles. The maximum Gasteiger partial charge on any atom is 0.271 e. The van der Waals surface area contributed by atoms with Crippen molar-refractivity contribution < 1.29 is 13.2 Å². The minimum atomic E-state index is -3.67. The van der Waals surface area contributed by atoms with Crippen LogP contribution in [-0.4, -0.2) is 8.42 Å². The van der Waals surface area contributed by atoms with Crippen molar-refractivity contribution in [3.8, 4) is 22.6 Å². The van der Waals surface area contributed by atoms with Crippen molar-refractivity contribution in [2.45, 2.75) is 0 Å². The Morgan fingerprint density at radius 3 is 1.06 bits per heavy atom. The SMILES string of the molecule is NS(N)(=O)=O.Nc1ccc(Oc2ccc(N)cc2)cc1.c1ccc(-c2ccccc2)cc1. The Morgan fingerprint density at radius 1 is 0.500 bits per heavy atom.